The highest BCUT2D eigenvalue weighted by atomic mass is 32.1. The highest BCUT2D eigenvalue weighted by Crippen LogP contribution is 2.15. The molecule has 0 atom stereocenters. The normalized spacial score (nSPS) is 10.3. The van der Waals surface area contributed by atoms with Crippen LogP contribution in [0.1, 0.15) is 18.1 Å². The maximum atomic E-state index is 5.67. The van der Waals surface area contributed by atoms with Gasteiger partial charge in [-0.3, -0.25) is 4.68 Å². The summed E-state index contributed by atoms with van der Waals surface area (Å²) in [7, 11) is 0. The van der Waals surface area contributed by atoms with Gasteiger partial charge in [0.25, 0.3) is 0 Å². The van der Waals surface area contributed by atoms with Crippen molar-refractivity contribution in [1.82, 2.24) is 9.78 Å². The lowest BCUT2D eigenvalue weighted by Crippen LogP contribution is -2.09. The maximum Gasteiger partial charge on any atom is 0.120 e. The molecule has 2 N–H and O–H groups in total. The van der Waals surface area contributed by atoms with Gasteiger partial charge in [0.15, 0.2) is 0 Å². The fourth-order valence-electron chi connectivity index (χ4n) is 1.56. The summed E-state index contributed by atoms with van der Waals surface area (Å²) >= 11 is 4.93. The third kappa shape index (κ3) is 3.07. The lowest BCUT2D eigenvalue weighted by molar-refractivity contribution is 0.306. The summed E-state index contributed by atoms with van der Waals surface area (Å²) in [4.78, 5) is 0.374. The number of hydrogen-bond donors (Lipinski definition) is 1. The summed E-state index contributed by atoms with van der Waals surface area (Å²) in [6.45, 7) is 3.39. The van der Waals surface area contributed by atoms with Gasteiger partial charge in [0.05, 0.1) is 6.20 Å². The minimum absolute atomic E-state index is 0.374. The number of aromatic nitrogens is 2. The van der Waals surface area contributed by atoms with Gasteiger partial charge in [0.2, 0.25) is 0 Å². The first kappa shape index (κ1) is 12.6. The number of rotatable bonds is 5. The molecule has 1 aromatic heterocycles. The van der Waals surface area contributed by atoms with Crippen molar-refractivity contribution in [3.8, 4) is 5.75 Å². The Morgan fingerprint density at radius 2 is 2.33 bits per heavy atom. The van der Waals surface area contributed by atoms with Crippen LogP contribution in [0.4, 0.5) is 0 Å². The average molecular weight is 261 g/mol. The molecule has 0 radical (unpaired) electrons. The largest absolute Gasteiger partial charge is 0.489 e. The van der Waals surface area contributed by atoms with Crippen molar-refractivity contribution < 1.29 is 4.74 Å². The quantitative estimate of drug-likeness (QED) is 0.838. The van der Waals surface area contributed by atoms with Crippen LogP contribution < -0.4 is 10.5 Å². The molecule has 0 saturated heterocycles. The van der Waals surface area contributed by atoms with E-state index in [4.69, 9.17) is 22.7 Å². The molecule has 0 amide bonds. The number of thiocarbonyl (C=S) groups is 1. The lowest BCUT2D eigenvalue weighted by atomic mass is 10.2. The molecule has 0 fully saturated rings. The van der Waals surface area contributed by atoms with E-state index in [1.807, 2.05) is 42.1 Å². The van der Waals surface area contributed by atoms with Crippen LogP contribution >= 0.6 is 12.2 Å². The van der Waals surface area contributed by atoms with Gasteiger partial charge in [-0.2, -0.15) is 5.10 Å². The Morgan fingerprint density at radius 3 is 3.00 bits per heavy atom. The van der Waals surface area contributed by atoms with Crippen molar-refractivity contribution in [3.05, 3.63) is 47.8 Å². The summed E-state index contributed by atoms with van der Waals surface area (Å²) in [5.74, 6) is 0.754. The van der Waals surface area contributed by atoms with Crippen molar-refractivity contribution in [1.29, 1.82) is 0 Å². The second kappa shape index (κ2) is 5.64. The highest BCUT2D eigenvalue weighted by molar-refractivity contribution is 7.80. The average Bonchev–Trinajstić information content (AvgIpc) is 2.84. The standard InChI is InChI=1S/C13H15N3OS/c1-2-16-8-10(7-15-16)9-17-12-5-3-4-11(6-12)13(14)18/h3-8H,2,9H2,1H3,(H2,14,18). The first-order valence-corrected chi connectivity index (χ1v) is 6.14. The minimum Gasteiger partial charge on any atom is -0.489 e. The van der Waals surface area contributed by atoms with Crippen LogP contribution in [0.15, 0.2) is 36.7 Å². The molecule has 0 unspecified atom stereocenters. The van der Waals surface area contributed by atoms with Crippen molar-refractivity contribution in [2.75, 3.05) is 0 Å². The van der Waals surface area contributed by atoms with Crippen LogP contribution in [0.25, 0.3) is 0 Å². The summed E-state index contributed by atoms with van der Waals surface area (Å²) in [5.41, 5.74) is 7.43. The second-order valence-corrected chi connectivity index (χ2v) is 4.32. The van der Waals surface area contributed by atoms with Crippen LogP contribution in [-0.2, 0) is 13.2 Å². The Hall–Kier alpha value is -1.88. The fraction of sp³-hybridized carbons (Fsp3) is 0.231. The molecular formula is C13H15N3OS. The molecule has 1 aromatic carbocycles. The van der Waals surface area contributed by atoms with Crippen molar-refractivity contribution >= 4 is 17.2 Å². The number of hydrogen-bond acceptors (Lipinski definition) is 3. The molecule has 0 saturated carbocycles. The molecular weight excluding hydrogens is 246 g/mol. The van der Waals surface area contributed by atoms with Crippen LogP contribution in [0, 0.1) is 0 Å². The molecule has 2 aromatic rings. The van der Waals surface area contributed by atoms with E-state index >= 15 is 0 Å². The van der Waals surface area contributed by atoms with Crippen molar-refractivity contribution in [2.24, 2.45) is 5.73 Å². The maximum absolute atomic E-state index is 5.67. The van der Waals surface area contributed by atoms with Gasteiger partial charge in [-0.15, -0.1) is 0 Å². The fourth-order valence-corrected chi connectivity index (χ4v) is 1.69. The molecule has 0 aliphatic rings. The number of ether oxygens (including phenoxy) is 1. The summed E-state index contributed by atoms with van der Waals surface area (Å²) < 4.78 is 7.54. The SMILES string of the molecule is CCn1cc(COc2cccc(C(N)=S)c2)cn1. The van der Waals surface area contributed by atoms with Gasteiger partial charge in [-0.1, -0.05) is 24.4 Å². The van der Waals surface area contributed by atoms with E-state index in [0.29, 0.717) is 11.6 Å². The van der Waals surface area contributed by atoms with Crippen LogP contribution in [0.2, 0.25) is 0 Å². The molecule has 0 aliphatic carbocycles. The van der Waals surface area contributed by atoms with Gasteiger partial charge >= 0.3 is 0 Å². The molecule has 5 heteroatoms. The molecule has 94 valence electrons. The third-order valence-corrected chi connectivity index (χ3v) is 2.77. The first-order chi connectivity index (χ1) is 8.69. The zero-order chi connectivity index (χ0) is 13.0. The molecule has 0 spiro atoms. The zero-order valence-electron chi connectivity index (χ0n) is 10.2. The molecule has 18 heavy (non-hydrogen) atoms. The van der Waals surface area contributed by atoms with E-state index in [1.165, 1.54) is 0 Å². The van der Waals surface area contributed by atoms with Gasteiger partial charge < -0.3 is 10.5 Å². The van der Waals surface area contributed by atoms with Gasteiger partial charge in [-0.25, -0.2) is 0 Å². The van der Waals surface area contributed by atoms with Crippen LogP contribution in [0.3, 0.4) is 0 Å². The van der Waals surface area contributed by atoms with Gasteiger partial charge in [0, 0.05) is 23.9 Å². The Kier molecular flexibility index (Phi) is 3.94. The van der Waals surface area contributed by atoms with E-state index in [-0.39, 0.29) is 0 Å². The van der Waals surface area contributed by atoms with Gasteiger partial charge in [0.1, 0.15) is 17.3 Å². The number of aryl methyl sites for hydroxylation is 1. The number of nitrogens with two attached hydrogens (primary N) is 1. The predicted octanol–water partition coefficient (Wildman–Crippen LogP) is 2.12. The Balaban J connectivity index is 2.01. The topological polar surface area (TPSA) is 53.1 Å². The minimum atomic E-state index is 0.374. The van der Waals surface area contributed by atoms with E-state index in [2.05, 4.69) is 5.10 Å². The van der Waals surface area contributed by atoms with E-state index in [9.17, 15) is 0 Å². The second-order valence-electron chi connectivity index (χ2n) is 3.89. The molecule has 1 heterocycles. The Morgan fingerprint density at radius 1 is 1.50 bits per heavy atom. The summed E-state index contributed by atoms with van der Waals surface area (Å²) in [5, 5.41) is 4.19. The van der Waals surface area contributed by atoms with Crippen LogP contribution in [0.5, 0.6) is 5.75 Å². The Labute approximate surface area is 111 Å². The van der Waals surface area contributed by atoms with E-state index in [1.54, 1.807) is 6.20 Å². The summed E-state index contributed by atoms with van der Waals surface area (Å²) in [6, 6.07) is 7.46. The molecule has 4 nitrogen and oxygen atoms in total. The summed E-state index contributed by atoms with van der Waals surface area (Å²) in [6.07, 6.45) is 3.78. The molecule has 0 bridgehead atoms. The Bertz CT molecular complexity index is 551. The predicted molar refractivity (Wildman–Crippen MR) is 74.6 cm³/mol. The monoisotopic (exact) mass is 261 g/mol. The van der Waals surface area contributed by atoms with Crippen LogP contribution in [-0.4, -0.2) is 14.8 Å². The van der Waals surface area contributed by atoms with Gasteiger partial charge in [-0.05, 0) is 19.1 Å². The van der Waals surface area contributed by atoms with E-state index in [0.717, 1.165) is 23.4 Å². The lowest BCUT2D eigenvalue weighted by Gasteiger charge is -2.06. The smallest absolute Gasteiger partial charge is 0.120 e. The first-order valence-electron chi connectivity index (χ1n) is 5.73. The number of nitrogens with zero attached hydrogens (tertiary/aromatic N) is 2. The van der Waals surface area contributed by atoms with Crippen molar-refractivity contribution in [3.63, 3.8) is 0 Å². The van der Waals surface area contributed by atoms with E-state index < -0.39 is 0 Å². The highest BCUT2D eigenvalue weighted by Gasteiger charge is 2.01. The van der Waals surface area contributed by atoms with Crippen molar-refractivity contribution in [2.45, 2.75) is 20.1 Å². The molecule has 2 rings (SSSR count). The zero-order valence-corrected chi connectivity index (χ0v) is 11.0. The third-order valence-electron chi connectivity index (χ3n) is 2.53. The molecule has 0 aliphatic heterocycles. The number of benzene rings is 1.